The molecule has 2 aliphatic carbocycles. The highest BCUT2D eigenvalue weighted by atomic mass is 35.5. The van der Waals surface area contributed by atoms with Crippen molar-refractivity contribution in [3.63, 3.8) is 0 Å². The minimum atomic E-state index is -0.622. The summed E-state index contributed by atoms with van der Waals surface area (Å²) in [6.07, 6.45) is 7.40. The highest BCUT2D eigenvalue weighted by Gasteiger charge is 2.54. The number of piperazine rings is 1. The predicted molar refractivity (Wildman–Crippen MR) is 72.6 cm³/mol. The number of hydrogen-bond donors (Lipinski definition) is 1. The van der Waals surface area contributed by atoms with Crippen LogP contribution in [0.15, 0.2) is 11.6 Å². The zero-order valence-electron chi connectivity index (χ0n) is 10.9. The number of rotatable bonds is 3. The summed E-state index contributed by atoms with van der Waals surface area (Å²) in [5.74, 6) is 0.467. The molecular formula is C14H19ClN2O2. The van der Waals surface area contributed by atoms with E-state index in [0.717, 1.165) is 38.5 Å². The Hall–Kier alpha value is -1.03. The Balaban J connectivity index is 1.88. The van der Waals surface area contributed by atoms with Gasteiger partial charge in [0, 0.05) is 12.1 Å². The number of nitrogens with one attached hydrogen (secondary N) is 1. The van der Waals surface area contributed by atoms with E-state index in [1.165, 1.54) is 5.54 Å². The van der Waals surface area contributed by atoms with Gasteiger partial charge >= 0.3 is 0 Å². The van der Waals surface area contributed by atoms with Crippen LogP contribution in [-0.4, -0.2) is 34.8 Å². The predicted octanol–water partition coefficient (Wildman–Crippen LogP) is 1.79. The Kier molecular flexibility index (Phi) is 3.29. The Morgan fingerprint density at radius 2 is 2.00 bits per heavy atom. The molecule has 3 aliphatic rings. The molecule has 1 unspecified atom stereocenters. The highest BCUT2D eigenvalue weighted by Crippen LogP contribution is 2.41. The number of hydrogen-bond acceptors (Lipinski definition) is 2. The lowest BCUT2D eigenvalue weighted by molar-refractivity contribution is -0.155. The monoisotopic (exact) mass is 282 g/mol. The normalized spacial score (nSPS) is 30.4. The van der Waals surface area contributed by atoms with Crippen LogP contribution in [0.1, 0.15) is 38.5 Å². The number of nitrogens with zero attached hydrogens (tertiary/aromatic N) is 1. The van der Waals surface area contributed by atoms with Crippen molar-refractivity contribution in [2.75, 3.05) is 6.54 Å². The van der Waals surface area contributed by atoms with Gasteiger partial charge in [-0.3, -0.25) is 9.59 Å². The van der Waals surface area contributed by atoms with Gasteiger partial charge in [-0.15, -0.1) is 0 Å². The van der Waals surface area contributed by atoms with E-state index >= 15 is 0 Å². The average molecular weight is 283 g/mol. The van der Waals surface area contributed by atoms with E-state index in [1.54, 1.807) is 11.0 Å². The van der Waals surface area contributed by atoms with Crippen molar-refractivity contribution in [3.8, 4) is 0 Å². The maximum absolute atomic E-state index is 12.8. The molecule has 0 aromatic carbocycles. The van der Waals surface area contributed by atoms with Crippen molar-refractivity contribution in [1.82, 2.24) is 10.2 Å². The molecule has 2 saturated carbocycles. The van der Waals surface area contributed by atoms with Gasteiger partial charge in [-0.25, -0.2) is 0 Å². The van der Waals surface area contributed by atoms with Gasteiger partial charge < -0.3 is 10.2 Å². The summed E-state index contributed by atoms with van der Waals surface area (Å²) >= 11 is 5.58. The van der Waals surface area contributed by atoms with Gasteiger partial charge in [0.25, 0.3) is 0 Å². The van der Waals surface area contributed by atoms with Gasteiger partial charge in [0.1, 0.15) is 11.6 Å². The number of halogens is 1. The van der Waals surface area contributed by atoms with Crippen molar-refractivity contribution in [2.45, 2.75) is 50.1 Å². The van der Waals surface area contributed by atoms with Gasteiger partial charge in [-0.05, 0) is 31.6 Å². The molecule has 1 atom stereocenters. The van der Waals surface area contributed by atoms with Crippen LogP contribution in [0.2, 0.25) is 0 Å². The third-order valence-electron chi connectivity index (χ3n) is 4.55. The molecule has 1 N–H and O–H groups in total. The molecule has 0 bridgehead atoms. The molecule has 1 spiro atoms. The minimum absolute atomic E-state index is 0.0342. The van der Waals surface area contributed by atoms with Crippen molar-refractivity contribution >= 4 is 23.4 Å². The van der Waals surface area contributed by atoms with E-state index < -0.39 is 5.54 Å². The smallest absolute Gasteiger partial charge is 0.249 e. The molecule has 0 aromatic rings. The van der Waals surface area contributed by atoms with Crippen LogP contribution in [0.25, 0.3) is 0 Å². The first-order valence-electron chi connectivity index (χ1n) is 7.06. The molecule has 104 valence electrons. The SMILES string of the molecule is O=C1NC2(CCCC2)C(=O)N(C/C=C/Cl)C1C1CC1. The van der Waals surface area contributed by atoms with E-state index in [-0.39, 0.29) is 17.9 Å². The fourth-order valence-corrected chi connectivity index (χ4v) is 3.53. The topological polar surface area (TPSA) is 49.4 Å². The molecule has 2 amide bonds. The third-order valence-corrected chi connectivity index (χ3v) is 4.73. The van der Waals surface area contributed by atoms with Crippen LogP contribution in [0.5, 0.6) is 0 Å². The van der Waals surface area contributed by atoms with Crippen molar-refractivity contribution in [2.24, 2.45) is 5.92 Å². The summed E-state index contributed by atoms with van der Waals surface area (Å²) in [4.78, 5) is 26.9. The molecule has 4 nitrogen and oxygen atoms in total. The molecule has 1 aliphatic heterocycles. The van der Waals surface area contributed by atoms with Gasteiger partial charge in [-0.2, -0.15) is 0 Å². The summed E-state index contributed by atoms with van der Waals surface area (Å²) in [6, 6.07) is -0.286. The standard InChI is InChI=1S/C14H19ClN2O2/c15-8-3-9-17-11(10-4-5-10)12(18)16-14(13(17)19)6-1-2-7-14/h3,8,10-11H,1-2,4-7,9H2,(H,16,18)/b8-3+. The lowest BCUT2D eigenvalue weighted by Gasteiger charge is -2.44. The zero-order chi connectivity index (χ0) is 13.5. The van der Waals surface area contributed by atoms with E-state index in [2.05, 4.69) is 5.32 Å². The minimum Gasteiger partial charge on any atom is -0.340 e. The Bertz CT molecular complexity index is 425. The zero-order valence-corrected chi connectivity index (χ0v) is 11.7. The summed E-state index contributed by atoms with van der Waals surface area (Å²) in [7, 11) is 0. The van der Waals surface area contributed by atoms with Crippen LogP contribution < -0.4 is 5.32 Å². The van der Waals surface area contributed by atoms with Gasteiger partial charge in [0.15, 0.2) is 0 Å². The molecule has 1 heterocycles. The molecular weight excluding hydrogens is 264 g/mol. The summed E-state index contributed by atoms with van der Waals surface area (Å²) < 4.78 is 0. The maximum Gasteiger partial charge on any atom is 0.249 e. The van der Waals surface area contributed by atoms with E-state index in [0.29, 0.717) is 12.5 Å². The molecule has 5 heteroatoms. The van der Waals surface area contributed by atoms with E-state index in [9.17, 15) is 9.59 Å². The number of carbonyl (C=O) groups excluding carboxylic acids is 2. The molecule has 0 radical (unpaired) electrons. The van der Waals surface area contributed by atoms with Crippen LogP contribution in [0, 0.1) is 5.92 Å². The first-order chi connectivity index (χ1) is 9.18. The number of amides is 2. The van der Waals surface area contributed by atoms with Crippen molar-refractivity contribution in [3.05, 3.63) is 11.6 Å². The fourth-order valence-electron chi connectivity index (χ4n) is 3.45. The summed E-state index contributed by atoms with van der Waals surface area (Å²) in [5.41, 5.74) is 0.799. The fraction of sp³-hybridized carbons (Fsp3) is 0.714. The largest absolute Gasteiger partial charge is 0.340 e. The summed E-state index contributed by atoms with van der Waals surface area (Å²) in [6.45, 7) is 0.443. The average Bonchev–Trinajstić information content (AvgIpc) is 3.12. The molecule has 3 rings (SSSR count). The Morgan fingerprint density at radius 3 is 2.58 bits per heavy atom. The molecule has 0 aromatic heterocycles. The second-order valence-corrected chi connectivity index (χ2v) is 6.13. The summed E-state index contributed by atoms with van der Waals surface area (Å²) in [5, 5.41) is 3.03. The third kappa shape index (κ3) is 2.16. The van der Waals surface area contributed by atoms with Gasteiger partial charge in [-0.1, -0.05) is 30.5 Å². The quantitative estimate of drug-likeness (QED) is 0.858. The second kappa shape index (κ2) is 4.82. The van der Waals surface area contributed by atoms with Crippen molar-refractivity contribution < 1.29 is 9.59 Å². The lowest BCUT2D eigenvalue weighted by Crippen LogP contribution is -2.69. The first kappa shape index (κ1) is 13.0. The molecule has 3 fully saturated rings. The van der Waals surface area contributed by atoms with E-state index in [4.69, 9.17) is 11.6 Å². The van der Waals surface area contributed by atoms with Crippen LogP contribution in [0.4, 0.5) is 0 Å². The molecule has 19 heavy (non-hydrogen) atoms. The first-order valence-corrected chi connectivity index (χ1v) is 7.50. The maximum atomic E-state index is 12.8. The molecule has 1 saturated heterocycles. The Labute approximate surface area is 118 Å². The van der Waals surface area contributed by atoms with Gasteiger partial charge in [0.05, 0.1) is 0 Å². The van der Waals surface area contributed by atoms with Gasteiger partial charge in [0.2, 0.25) is 11.8 Å². The Morgan fingerprint density at radius 1 is 1.32 bits per heavy atom. The van der Waals surface area contributed by atoms with Crippen LogP contribution >= 0.6 is 11.6 Å². The number of carbonyl (C=O) groups is 2. The highest BCUT2D eigenvalue weighted by molar-refractivity contribution is 6.25. The lowest BCUT2D eigenvalue weighted by atomic mass is 9.89. The van der Waals surface area contributed by atoms with Crippen LogP contribution in [-0.2, 0) is 9.59 Å². The van der Waals surface area contributed by atoms with E-state index in [1.807, 2.05) is 0 Å². The second-order valence-electron chi connectivity index (χ2n) is 5.88. The van der Waals surface area contributed by atoms with Crippen LogP contribution in [0.3, 0.4) is 0 Å². The van der Waals surface area contributed by atoms with Crippen molar-refractivity contribution in [1.29, 1.82) is 0 Å².